The van der Waals surface area contributed by atoms with Crippen LogP contribution in [0.25, 0.3) is 11.3 Å². The molecule has 2 amide bonds. The Kier molecular flexibility index (Phi) is 6.87. The second-order valence-corrected chi connectivity index (χ2v) is 7.59. The highest BCUT2D eigenvalue weighted by molar-refractivity contribution is 6.31. The molecule has 1 heterocycles. The number of aromatic nitrogens is 2. The van der Waals surface area contributed by atoms with E-state index in [1.165, 1.54) is 6.07 Å². The average Bonchev–Trinajstić information content (AvgIpc) is 2.74. The minimum atomic E-state index is -0.560. The van der Waals surface area contributed by atoms with Gasteiger partial charge in [0.15, 0.2) is 0 Å². The van der Waals surface area contributed by atoms with Crippen LogP contribution in [0.1, 0.15) is 24.5 Å². The summed E-state index contributed by atoms with van der Waals surface area (Å²) < 4.78 is 1.05. The minimum absolute atomic E-state index is 0.0728. The predicted octanol–water partition coefficient (Wildman–Crippen LogP) is 4.17. The zero-order valence-electron chi connectivity index (χ0n) is 17.5. The third-order valence-corrected chi connectivity index (χ3v) is 5.07. The predicted molar refractivity (Wildman–Crippen MR) is 122 cm³/mol. The fourth-order valence-corrected chi connectivity index (χ4v) is 3.03. The van der Waals surface area contributed by atoms with E-state index in [0.717, 1.165) is 21.4 Å². The number of amides is 2. The zero-order valence-corrected chi connectivity index (χ0v) is 18.3. The molecule has 3 rings (SSSR count). The standard InChI is InChI=1S/C23H23ClN4O3/c1-4-21(29)26-20-12-19(16-8-5-14(2)6-9-16)27-28(23(20)31)13-22(30)25-17-10-7-15(3)18(24)11-17/h5-12H,4,13H2,1-3H3,(H,25,30)(H,26,29). The largest absolute Gasteiger partial charge is 0.324 e. The van der Waals surface area contributed by atoms with Crippen molar-refractivity contribution >= 4 is 34.8 Å². The van der Waals surface area contributed by atoms with Crippen LogP contribution in [-0.4, -0.2) is 21.6 Å². The highest BCUT2D eigenvalue weighted by Gasteiger charge is 2.15. The maximum Gasteiger partial charge on any atom is 0.291 e. The number of aryl methyl sites for hydroxylation is 2. The van der Waals surface area contributed by atoms with E-state index < -0.39 is 11.5 Å². The van der Waals surface area contributed by atoms with Gasteiger partial charge in [0.2, 0.25) is 11.8 Å². The summed E-state index contributed by atoms with van der Waals surface area (Å²) in [4.78, 5) is 37.3. The topological polar surface area (TPSA) is 93.1 Å². The summed E-state index contributed by atoms with van der Waals surface area (Å²) in [6.45, 7) is 5.20. The van der Waals surface area contributed by atoms with Gasteiger partial charge in [-0.2, -0.15) is 5.10 Å². The lowest BCUT2D eigenvalue weighted by atomic mass is 10.1. The molecular formula is C23H23ClN4O3. The minimum Gasteiger partial charge on any atom is -0.324 e. The van der Waals surface area contributed by atoms with Crippen molar-refractivity contribution in [1.82, 2.24) is 9.78 Å². The lowest BCUT2D eigenvalue weighted by molar-refractivity contribution is -0.117. The summed E-state index contributed by atoms with van der Waals surface area (Å²) in [6, 6.07) is 14.3. The highest BCUT2D eigenvalue weighted by atomic mass is 35.5. The van der Waals surface area contributed by atoms with Gasteiger partial charge in [-0.25, -0.2) is 4.68 Å². The van der Waals surface area contributed by atoms with Crippen molar-refractivity contribution < 1.29 is 9.59 Å². The van der Waals surface area contributed by atoms with Crippen LogP contribution in [0, 0.1) is 13.8 Å². The van der Waals surface area contributed by atoms with E-state index in [9.17, 15) is 14.4 Å². The highest BCUT2D eigenvalue weighted by Crippen LogP contribution is 2.21. The van der Waals surface area contributed by atoms with Crippen LogP contribution >= 0.6 is 11.6 Å². The third-order valence-electron chi connectivity index (χ3n) is 4.67. The van der Waals surface area contributed by atoms with E-state index >= 15 is 0 Å². The summed E-state index contributed by atoms with van der Waals surface area (Å²) in [5.41, 5.74) is 3.22. The van der Waals surface area contributed by atoms with Gasteiger partial charge in [0.05, 0.1) is 5.69 Å². The molecule has 3 aromatic rings. The third kappa shape index (κ3) is 5.58. The molecule has 0 saturated carbocycles. The van der Waals surface area contributed by atoms with Crippen LogP contribution in [0.2, 0.25) is 5.02 Å². The molecule has 0 aliphatic heterocycles. The molecule has 31 heavy (non-hydrogen) atoms. The Balaban J connectivity index is 1.94. The quantitative estimate of drug-likeness (QED) is 0.604. The molecule has 0 fully saturated rings. The van der Waals surface area contributed by atoms with Gasteiger partial charge in [-0.05, 0) is 37.6 Å². The first kappa shape index (κ1) is 22.2. The summed E-state index contributed by atoms with van der Waals surface area (Å²) in [6.07, 6.45) is 0.219. The molecule has 0 aliphatic carbocycles. The molecule has 0 unspecified atom stereocenters. The molecule has 160 valence electrons. The van der Waals surface area contributed by atoms with E-state index in [0.29, 0.717) is 16.4 Å². The fraction of sp³-hybridized carbons (Fsp3) is 0.217. The monoisotopic (exact) mass is 438 g/mol. The number of anilines is 2. The van der Waals surface area contributed by atoms with Crippen molar-refractivity contribution in [3.8, 4) is 11.3 Å². The molecule has 0 bridgehead atoms. The van der Waals surface area contributed by atoms with Gasteiger partial charge in [0.1, 0.15) is 12.2 Å². The van der Waals surface area contributed by atoms with E-state index in [-0.39, 0.29) is 24.6 Å². The van der Waals surface area contributed by atoms with E-state index in [1.54, 1.807) is 25.1 Å². The van der Waals surface area contributed by atoms with E-state index in [4.69, 9.17) is 11.6 Å². The first-order valence-electron chi connectivity index (χ1n) is 9.82. The molecule has 0 spiro atoms. The number of nitrogens with one attached hydrogen (secondary N) is 2. The fourth-order valence-electron chi connectivity index (χ4n) is 2.85. The number of carbonyl (C=O) groups excluding carboxylic acids is 2. The Morgan fingerprint density at radius 3 is 2.35 bits per heavy atom. The van der Waals surface area contributed by atoms with Crippen LogP contribution in [-0.2, 0) is 16.1 Å². The Hall–Kier alpha value is -3.45. The summed E-state index contributed by atoms with van der Waals surface area (Å²) in [5, 5.41) is 10.2. The number of halogens is 1. The van der Waals surface area contributed by atoms with Crippen LogP contribution < -0.4 is 16.2 Å². The van der Waals surface area contributed by atoms with Gasteiger partial charge in [0.25, 0.3) is 5.56 Å². The molecule has 2 N–H and O–H groups in total. The van der Waals surface area contributed by atoms with Crippen molar-refractivity contribution in [2.75, 3.05) is 10.6 Å². The zero-order chi connectivity index (χ0) is 22.5. The maximum atomic E-state index is 12.8. The summed E-state index contributed by atoms with van der Waals surface area (Å²) in [5.74, 6) is -0.744. The summed E-state index contributed by atoms with van der Waals surface area (Å²) >= 11 is 6.11. The lowest BCUT2D eigenvalue weighted by Crippen LogP contribution is -2.32. The number of hydrogen-bond acceptors (Lipinski definition) is 4. The molecule has 0 aliphatic rings. The van der Waals surface area contributed by atoms with E-state index in [1.807, 2.05) is 38.1 Å². The number of benzene rings is 2. The van der Waals surface area contributed by atoms with E-state index in [2.05, 4.69) is 15.7 Å². The SMILES string of the molecule is CCC(=O)Nc1cc(-c2ccc(C)cc2)nn(CC(=O)Nc2ccc(C)c(Cl)c2)c1=O. The first-order chi connectivity index (χ1) is 14.8. The Labute approximate surface area is 185 Å². The van der Waals surface area contributed by atoms with Gasteiger partial charge < -0.3 is 10.6 Å². The lowest BCUT2D eigenvalue weighted by Gasteiger charge is -2.12. The summed E-state index contributed by atoms with van der Waals surface area (Å²) in [7, 11) is 0. The molecular weight excluding hydrogens is 416 g/mol. The van der Waals surface area contributed by atoms with Gasteiger partial charge in [-0.15, -0.1) is 0 Å². The Bertz CT molecular complexity index is 1190. The first-order valence-corrected chi connectivity index (χ1v) is 10.2. The van der Waals surface area contributed by atoms with Crippen molar-refractivity contribution in [2.24, 2.45) is 0 Å². The molecule has 2 aromatic carbocycles. The Morgan fingerprint density at radius 1 is 1.00 bits per heavy atom. The number of carbonyl (C=O) groups is 2. The Morgan fingerprint density at radius 2 is 1.71 bits per heavy atom. The van der Waals surface area contributed by atoms with Crippen molar-refractivity contribution in [1.29, 1.82) is 0 Å². The van der Waals surface area contributed by atoms with Crippen molar-refractivity contribution in [2.45, 2.75) is 33.7 Å². The number of hydrogen-bond donors (Lipinski definition) is 2. The van der Waals surface area contributed by atoms with Crippen LogP contribution in [0.3, 0.4) is 0 Å². The smallest absolute Gasteiger partial charge is 0.291 e. The second kappa shape index (κ2) is 9.57. The second-order valence-electron chi connectivity index (χ2n) is 7.19. The molecule has 8 heteroatoms. The van der Waals surface area contributed by atoms with Gasteiger partial charge in [-0.1, -0.05) is 54.4 Å². The maximum absolute atomic E-state index is 12.8. The van der Waals surface area contributed by atoms with Gasteiger partial charge in [0, 0.05) is 22.7 Å². The van der Waals surface area contributed by atoms with Crippen LogP contribution in [0.15, 0.2) is 53.3 Å². The molecule has 0 atom stereocenters. The van der Waals surface area contributed by atoms with Gasteiger partial charge >= 0.3 is 0 Å². The van der Waals surface area contributed by atoms with Gasteiger partial charge in [-0.3, -0.25) is 14.4 Å². The van der Waals surface area contributed by atoms with Crippen molar-refractivity contribution in [3.05, 3.63) is 75.0 Å². The van der Waals surface area contributed by atoms with Crippen LogP contribution in [0.4, 0.5) is 11.4 Å². The van der Waals surface area contributed by atoms with Crippen molar-refractivity contribution in [3.63, 3.8) is 0 Å². The number of nitrogens with zero attached hydrogens (tertiary/aromatic N) is 2. The van der Waals surface area contributed by atoms with Crippen LogP contribution in [0.5, 0.6) is 0 Å². The number of rotatable bonds is 6. The normalized spacial score (nSPS) is 10.6. The average molecular weight is 439 g/mol. The molecule has 0 saturated heterocycles. The molecule has 1 aromatic heterocycles. The molecule has 7 nitrogen and oxygen atoms in total. The molecule has 0 radical (unpaired) electrons.